The van der Waals surface area contributed by atoms with Gasteiger partial charge in [0.15, 0.2) is 5.79 Å². The molecule has 1 amide bonds. The van der Waals surface area contributed by atoms with E-state index in [0.717, 1.165) is 5.56 Å². The summed E-state index contributed by atoms with van der Waals surface area (Å²) in [6.07, 6.45) is -0.857. The molecule has 1 fully saturated rings. The highest BCUT2D eigenvalue weighted by Crippen LogP contribution is 2.31. The molecule has 1 heterocycles. The van der Waals surface area contributed by atoms with Crippen LogP contribution in [-0.4, -0.2) is 49.2 Å². The molecule has 27 heavy (non-hydrogen) atoms. The van der Waals surface area contributed by atoms with E-state index in [1.807, 2.05) is 30.3 Å². The summed E-state index contributed by atoms with van der Waals surface area (Å²) < 4.78 is 15.8. The lowest BCUT2D eigenvalue weighted by Gasteiger charge is -2.31. The van der Waals surface area contributed by atoms with Gasteiger partial charge in [0.25, 0.3) is 0 Å². The van der Waals surface area contributed by atoms with Crippen molar-refractivity contribution in [2.45, 2.75) is 44.7 Å². The number of carbonyl (C=O) groups excluding carboxylic acids is 2. The Morgan fingerprint density at radius 2 is 1.93 bits per heavy atom. The zero-order valence-corrected chi connectivity index (χ0v) is 15.7. The molecule has 150 valence electrons. The molecular formula is C19H27NO7. The summed E-state index contributed by atoms with van der Waals surface area (Å²) in [7, 11) is 1.27. The van der Waals surface area contributed by atoms with Crippen LogP contribution >= 0.6 is 0 Å². The van der Waals surface area contributed by atoms with E-state index in [1.165, 1.54) is 7.11 Å². The van der Waals surface area contributed by atoms with E-state index >= 15 is 0 Å². The monoisotopic (exact) mass is 381 g/mol. The van der Waals surface area contributed by atoms with E-state index in [9.17, 15) is 14.7 Å². The van der Waals surface area contributed by atoms with Crippen molar-refractivity contribution in [2.75, 3.05) is 20.3 Å². The molecule has 1 aromatic rings. The molecule has 0 spiro atoms. The van der Waals surface area contributed by atoms with Gasteiger partial charge >= 0.3 is 5.97 Å². The summed E-state index contributed by atoms with van der Waals surface area (Å²) in [5.74, 6) is -2.95. The maximum absolute atomic E-state index is 12.4. The minimum absolute atomic E-state index is 0.0211. The summed E-state index contributed by atoms with van der Waals surface area (Å²) in [6.45, 7) is 2.63. The molecule has 0 bridgehead atoms. The van der Waals surface area contributed by atoms with Crippen LogP contribution in [0, 0.1) is 5.92 Å². The molecule has 0 saturated carbocycles. The molecule has 1 aliphatic heterocycles. The Morgan fingerprint density at radius 3 is 2.52 bits per heavy atom. The highest BCUT2D eigenvalue weighted by molar-refractivity contribution is 5.78. The molecule has 0 radical (unpaired) electrons. The van der Waals surface area contributed by atoms with Crippen LogP contribution in [0.3, 0.4) is 0 Å². The second-order valence-electron chi connectivity index (χ2n) is 6.39. The van der Waals surface area contributed by atoms with E-state index in [-0.39, 0.29) is 19.4 Å². The number of nitrogens with one attached hydrogen (secondary N) is 1. The van der Waals surface area contributed by atoms with Gasteiger partial charge in [-0.2, -0.15) is 0 Å². The molecule has 1 aliphatic rings. The maximum Gasteiger partial charge on any atom is 0.310 e. The molecule has 1 saturated heterocycles. The number of hydrogen-bond donors (Lipinski definition) is 2. The predicted octanol–water partition coefficient (Wildman–Crippen LogP) is 1.32. The zero-order chi connectivity index (χ0) is 19.7. The molecule has 2 N–H and O–H groups in total. The third-order valence-electron chi connectivity index (χ3n) is 4.47. The van der Waals surface area contributed by atoms with Gasteiger partial charge in [-0.25, -0.2) is 5.48 Å². The summed E-state index contributed by atoms with van der Waals surface area (Å²) in [4.78, 5) is 29.3. The molecular weight excluding hydrogens is 354 g/mol. The first kappa shape index (κ1) is 21.3. The van der Waals surface area contributed by atoms with Gasteiger partial charge in [0.1, 0.15) is 0 Å². The van der Waals surface area contributed by atoms with Gasteiger partial charge in [-0.3, -0.25) is 14.4 Å². The first-order chi connectivity index (χ1) is 13.0. The fourth-order valence-corrected chi connectivity index (χ4v) is 3.01. The Balaban J connectivity index is 1.90. The normalized spacial score (nSPS) is 17.9. The van der Waals surface area contributed by atoms with Crippen LogP contribution in [0.15, 0.2) is 30.3 Å². The number of benzene rings is 1. The fourth-order valence-electron chi connectivity index (χ4n) is 3.01. The van der Waals surface area contributed by atoms with E-state index < -0.39 is 29.7 Å². The Hall–Kier alpha value is -2.00. The number of rotatable bonds is 10. The first-order valence-electron chi connectivity index (χ1n) is 8.98. The standard InChI is InChI=1S/C19H27NO7/c1-3-15(18(23)20-27-13-14-7-5-4-6-8-14)16(21)11-19(12-17(22)24-2)25-9-10-26-19/h4-8,15-16,21H,3,9-13H2,1-2H3,(H,20,23). The lowest BCUT2D eigenvalue weighted by Crippen LogP contribution is -2.44. The second-order valence-corrected chi connectivity index (χ2v) is 6.39. The predicted molar refractivity (Wildman–Crippen MR) is 95.0 cm³/mol. The molecule has 0 aromatic heterocycles. The van der Waals surface area contributed by atoms with Crippen molar-refractivity contribution in [1.82, 2.24) is 5.48 Å². The number of aliphatic hydroxyl groups is 1. The number of ether oxygens (including phenoxy) is 3. The third-order valence-corrected chi connectivity index (χ3v) is 4.47. The van der Waals surface area contributed by atoms with Crippen LogP contribution in [0.4, 0.5) is 0 Å². The second kappa shape index (κ2) is 10.4. The average Bonchev–Trinajstić information content (AvgIpc) is 3.10. The Labute approximate surface area is 158 Å². The topological polar surface area (TPSA) is 103 Å². The van der Waals surface area contributed by atoms with Gasteiger partial charge < -0.3 is 19.3 Å². The minimum atomic E-state index is -1.27. The van der Waals surface area contributed by atoms with Gasteiger partial charge in [0, 0.05) is 6.42 Å². The molecule has 1 aromatic carbocycles. The van der Waals surface area contributed by atoms with E-state index in [1.54, 1.807) is 6.92 Å². The number of amides is 1. The van der Waals surface area contributed by atoms with Crippen molar-refractivity contribution in [1.29, 1.82) is 0 Å². The lowest BCUT2D eigenvalue weighted by atomic mass is 9.91. The van der Waals surface area contributed by atoms with Crippen molar-refractivity contribution >= 4 is 11.9 Å². The van der Waals surface area contributed by atoms with Crippen LogP contribution in [0.5, 0.6) is 0 Å². The quantitative estimate of drug-likeness (QED) is 0.465. The molecule has 2 rings (SSSR count). The number of carbonyl (C=O) groups is 2. The van der Waals surface area contributed by atoms with Crippen LogP contribution < -0.4 is 5.48 Å². The third kappa shape index (κ3) is 6.28. The highest BCUT2D eigenvalue weighted by atomic mass is 16.7. The van der Waals surface area contributed by atoms with Crippen molar-refractivity contribution in [3.05, 3.63) is 35.9 Å². The minimum Gasteiger partial charge on any atom is -0.469 e. The highest BCUT2D eigenvalue weighted by Gasteiger charge is 2.43. The molecule has 2 atom stereocenters. The van der Waals surface area contributed by atoms with Crippen molar-refractivity contribution in [3.63, 3.8) is 0 Å². The number of hydroxylamine groups is 1. The van der Waals surface area contributed by atoms with Crippen LogP contribution in [0.25, 0.3) is 0 Å². The van der Waals surface area contributed by atoms with E-state index in [4.69, 9.17) is 14.3 Å². The maximum atomic E-state index is 12.4. The number of esters is 1. The van der Waals surface area contributed by atoms with Crippen LogP contribution in [0.1, 0.15) is 31.7 Å². The first-order valence-corrected chi connectivity index (χ1v) is 8.98. The van der Waals surface area contributed by atoms with Gasteiger partial charge in [0.05, 0.1) is 45.4 Å². The van der Waals surface area contributed by atoms with Gasteiger partial charge in [-0.05, 0) is 12.0 Å². The number of hydrogen-bond acceptors (Lipinski definition) is 7. The van der Waals surface area contributed by atoms with Gasteiger partial charge in [0.2, 0.25) is 5.91 Å². The average molecular weight is 381 g/mol. The Morgan fingerprint density at radius 1 is 1.26 bits per heavy atom. The van der Waals surface area contributed by atoms with Crippen LogP contribution in [0.2, 0.25) is 0 Å². The lowest BCUT2D eigenvalue weighted by molar-refractivity contribution is -0.196. The Kier molecular flexibility index (Phi) is 8.18. The van der Waals surface area contributed by atoms with Crippen molar-refractivity contribution < 1.29 is 33.7 Å². The largest absolute Gasteiger partial charge is 0.469 e. The van der Waals surface area contributed by atoms with Gasteiger partial charge in [-0.15, -0.1) is 0 Å². The molecule has 8 nitrogen and oxygen atoms in total. The number of aliphatic hydroxyl groups excluding tert-OH is 1. The summed E-state index contributed by atoms with van der Waals surface area (Å²) in [5, 5.41) is 10.6. The number of methoxy groups -OCH3 is 1. The summed E-state index contributed by atoms with van der Waals surface area (Å²) >= 11 is 0. The van der Waals surface area contributed by atoms with Gasteiger partial charge in [-0.1, -0.05) is 37.3 Å². The van der Waals surface area contributed by atoms with Crippen LogP contribution in [-0.2, 0) is 35.2 Å². The molecule has 2 unspecified atom stereocenters. The fraction of sp³-hybridized carbons (Fsp3) is 0.579. The SMILES string of the molecule is CCC(C(=O)NOCc1ccccc1)C(O)CC1(CC(=O)OC)OCCO1. The Bertz CT molecular complexity index is 601. The zero-order valence-electron chi connectivity index (χ0n) is 15.7. The van der Waals surface area contributed by atoms with E-state index in [2.05, 4.69) is 10.2 Å². The van der Waals surface area contributed by atoms with Crippen molar-refractivity contribution in [2.24, 2.45) is 5.92 Å². The summed E-state index contributed by atoms with van der Waals surface area (Å²) in [5.41, 5.74) is 3.29. The van der Waals surface area contributed by atoms with Crippen molar-refractivity contribution in [3.8, 4) is 0 Å². The van der Waals surface area contributed by atoms with E-state index in [0.29, 0.717) is 19.6 Å². The summed E-state index contributed by atoms with van der Waals surface area (Å²) in [6, 6.07) is 9.40. The smallest absolute Gasteiger partial charge is 0.310 e. The molecule has 0 aliphatic carbocycles. The molecule has 8 heteroatoms.